The molecule has 168 valence electrons. The second kappa shape index (κ2) is 8.75. The van der Waals surface area contributed by atoms with E-state index in [1.54, 1.807) is 49.5 Å². The molecule has 1 aromatic heterocycles. The third-order valence-electron chi connectivity index (χ3n) is 5.03. The largest absolute Gasteiger partial charge is 0.495 e. The average molecular weight is 465 g/mol. The number of nitrogens with zero attached hydrogens (tertiary/aromatic N) is 3. The maximum absolute atomic E-state index is 12.8. The topological polar surface area (TPSA) is 122 Å². The van der Waals surface area contributed by atoms with E-state index in [2.05, 4.69) is 15.0 Å². The molecule has 0 aliphatic heterocycles. The van der Waals surface area contributed by atoms with Crippen molar-refractivity contribution >= 4 is 38.2 Å². The lowest BCUT2D eigenvalue weighted by molar-refractivity contribution is 0.0995. The lowest BCUT2D eigenvalue weighted by atomic mass is 10.2. The van der Waals surface area contributed by atoms with Crippen LogP contribution >= 0.6 is 0 Å². The van der Waals surface area contributed by atoms with Crippen molar-refractivity contribution in [3.8, 4) is 11.6 Å². The highest BCUT2D eigenvalue weighted by Crippen LogP contribution is 2.37. The first-order valence-corrected chi connectivity index (χ1v) is 11.3. The lowest BCUT2D eigenvalue weighted by Crippen LogP contribution is -2.14. The number of hydrogen-bond donors (Lipinski definition) is 2. The van der Waals surface area contributed by atoms with Gasteiger partial charge in [0.05, 0.1) is 23.2 Å². The Balaban J connectivity index is 1.62. The summed E-state index contributed by atoms with van der Waals surface area (Å²) in [5.74, 6) is -0.529. The van der Waals surface area contributed by atoms with E-state index < -0.39 is 15.9 Å². The van der Waals surface area contributed by atoms with Crippen LogP contribution in [-0.2, 0) is 17.1 Å². The number of methoxy groups -OCH3 is 1. The van der Waals surface area contributed by atoms with Crippen LogP contribution in [0.25, 0.3) is 10.9 Å². The Hall–Kier alpha value is -4.18. The van der Waals surface area contributed by atoms with Crippen molar-refractivity contribution in [1.82, 2.24) is 4.57 Å². The molecular formula is C23H20N4O5S. The second-order valence-electron chi connectivity index (χ2n) is 7.09. The molecule has 0 saturated carbocycles. The van der Waals surface area contributed by atoms with Crippen molar-refractivity contribution in [2.45, 2.75) is 4.90 Å². The second-order valence-corrected chi connectivity index (χ2v) is 8.77. The summed E-state index contributed by atoms with van der Waals surface area (Å²) in [5.41, 5.74) is 1.18. The number of carbonyl (C=O) groups excluding carboxylic acids is 1. The number of carbonyl (C=O) groups is 1. The molecule has 0 fully saturated rings. The van der Waals surface area contributed by atoms with Crippen LogP contribution in [-0.4, -0.2) is 31.1 Å². The van der Waals surface area contributed by atoms with Gasteiger partial charge < -0.3 is 14.4 Å². The van der Waals surface area contributed by atoms with E-state index in [0.29, 0.717) is 11.1 Å². The van der Waals surface area contributed by atoms with Crippen molar-refractivity contribution in [3.05, 3.63) is 78.4 Å². The molecule has 0 spiro atoms. The van der Waals surface area contributed by atoms with Gasteiger partial charge in [0.25, 0.3) is 15.9 Å². The predicted octanol–water partition coefficient (Wildman–Crippen LogP) is 4.62. The van der Waals surface area contributed by atoms with Crippen LogP contribution in [0.3, 0.4) is 0 Å². The van der Waals surface area contributed by atoms with Gasteiger partial charge in [-0.15, -0.1) is 10.2 Å². The first-order valence-electron chi connectivity index (χ1n) is 9.80. The van der Waals surface area contributed by atoms with E-state index in [1.165, 1.54) is 35.9 Å². The predicted molar refractivity (Wildman–Crippen MR) is 124 cm³/mol. The van der Waals surface area contributed by atoms with Crippen LogP contribution in [0.5, 0.6) is 11.6 Å². The van der Waals surface area contributed by atoms with Crippen molar-refractivity contribution < 1.29 is 23.1 Å². The zero-order valence-corrected chi connectivity index (χ0v) is 18.6. The first kappa shape index (κ1) is 22.0. The Morgan fingerprint density at radius 3 is 2.55 bits per heavy atom. The third kappa shape index (κ3) is 4.28. The van der Waals surface area contributed by atoms with Crippen LogP contribution in [0.15, 0.2) is 87.9 Å². The summed E-state index contributed by atoms with van der Waals surface area (Å²) in [6.07, 6.45) is 0. The van der Waals surface area contributed by atoms with Gasteiger partial charge >= 0.3 is 0 Å². The van der Waals surface area contributed by atoms with E-state index in [1.807, 2.05) is 6.07 Å². The Bertz CT molecular complexity index is 1490. The fourth-order valence-electron chi connectivity index (χ4n) is 3.34. The minimum absolute atomic E-state index is 0.0291. The summed E-state index contributed by atoms with van der Waals surface area (Å²) in [4.78, 5) is 12.5. The maximum atomic E-state index is 12.8. The number of nitrogens with one attached hydrogen (secondary N) is 1. The number of rotatable bonds is 6. The maximum Gasteiger partial charge on any atom is 0.295 e. The number of fused-ring (bicyclic) bond motifs is 1. The zero-order chi connectivity index (χ0) is 23.6. The summed E-state index contributed by atoms with van der Waals surface area (Å²) in [5, 5.41) is 18.6. The number of azo groups is 1. The molecule has 4 rings (SSSR count). The molecule has 0 unspecified atom stereocenters. The van der Waals surface area contributed by atoms with Gasteiger partial charge in [0, 0.05) is 18.0 Å². The van der Waals surface area contributed by atoms with E-state index in [-0.39, 0.29) is 27.7 Å². The molecule has 3 aromatic carbocycles. The van der Waals surface area contributed by atoms with Gasteiger partial charge in [-0.2, -0.15) is 0 Å². The Morgan fingerprint density at radius 2 is 1.76 bits per heavy atom. The van der Waals surface area contributed by atoms with Crippen LogP contribution in [0.1, 0.15) is 10.4 Å². The van der Waals surface area contributed by atoms with E-state index in [0.717, 1.165) is 5.52 Å². The van der Waals surface area contributed by atoms with E-state index >= 15 is 0 Å². The number of hydrogen-bond acceptors (Lipinski definition) is 6. The summed E-state index contributed by atoms with van der Waals surface area (Å²) < 4.78 is 34.9. The van der Waals surface area contributed by atoms with E-state index in [4.69, 9.17) is 4.74 Å². The zero-order valence-electron chi connectivity index (χ0n) is 17.8. The summed E-state index contributed by atoms with van der Waals surface area (Å²) in [6, 6.07) is 19.2. The number of aromatic hydroxyl groups is 1. The number of anilines is 1. The van der Waals surface area contributed by atoms with Gasteiger partial charge in [-0.05, 0) is 36.4 Å². The van der Waals surface area contributed by atoms with Crippen LogP contribution < -0.4 is 9.46 Å². The molecular weight excluding hydrogens is 444 g/mol. The van der Waals surface area contributed by atoms with Crippen molar-refractivity contribution in [1.29, 1.82) is 0 Å². The van der Waals surface area contributed by atoms with Gasteiger partial charge in [-0.3, -0.25) is 9.52 Å². The van der Waals surface area contributed by atoms with Crippen molar-refractivity contribution in [2.24, 2.45) is 17.3 Å². The molecule has 0 bridgehead atoms. The van der Waals surface area contributed by atoms with Crippen molar-refractivity contribution in [3.63, 3.8) is 0 Å². The highest BCUT2D eigenvalue weighted by Gasteiger charge is 2.19. The monoisotopic (exact) mass is 464 g/mol. The number of aromatic nitrogens is 1. The molecule has 0 aliphatic carbocycles. The summed E-state index contributed by atoms with van der Waals surface area (Å²) in [7, 11) is -0.895. The number of sulfonamides is 1. The fourth-order valence-corrected chi connectivity index (χ4v) is 4.46. The standard InChI is InChI=1S/C23H20N4O5S/c1-27-19-12-5-3-10-17(19)21(23(27)29)24-25-22(28)15-8-7-9-16(14-15)33(30,31)26-18-11-4-6-13-20(18)32-2/h3-14,26,29H,1-2H3. The molecule has 0 atom stereocenters. The molecule has 0 radical (unpaired) electrons. The SMILES string of the molecule is COc1ccccc1NS(=O)(=O)c1cccc(C(=O)N=Nc2c(O)n(C)c3ccccc23)c1. The van der Waals surface area contributed by atoms with Gasteiger partial charge in [0.1, 0.15) is 5.75 Å². The quantitative estimate of drug-likeness (QED) is 0.403. The highest BCUT2D eigenvalue weighted by atomic mass is 32.2. The molecule has 1 heterocycles. The van der Waals surface area contributed by atoms with Crippen LogP contribution in [0, 0.1) is 0 Å². The summed E-state index contributed by atoms with van der Waals surface area (Å²) >= 11 is 0. The number of amides is 1. The lowest BCUT2D eigenvalue weighted by Gasteiger charge is -2.11. The molecule has 2 N–H and O–H groups in total. The van der Waals surface area contributed by atoms with Gasteiger partial charge in [-0.25, -0.2) is 8.42 Å². The highest BCUT2D eigenvalue weighted by molar-refractivity contribution is 7.92. The average Bonchev–Trinajstić information content (AvgIpc) is 3.07. The fraction of sp³-hybridized carbons (Fsp3) is 0.0870. The first-order chi connectivity index (χ1) is 15.8. The number of benzene rings is 3. The number of aryl methyl sites for hydroxylation is 1. The molecule has 0 aliphatic rings. The van der Waals surface area contributed by atoms with E-state index in [9.17, 15) is 18.3 Å². The van der Waals surface area contributed by atoms with Crippen LogP contribution in [0.2, 0.25) is 0 Å². The molecule has 4 aromatic rings. The molecule has 1 amide bonds. The Kier molecular flexibility index (Phi) is 5.84. The third-order valence-corrected chi connectivity index (χ3v) is 6.40. The number of ether oxygens (including phenoxy) is 1. The molecule has 9 nitrogen and oxygen atoms in total. The smallest absolute Gasteiger partial charge is 0.295 e. The molecule has 10 heteroatoms. The molecule has 0 saturated heterocycles. The normalized spacial score (nSPS) is 11.7. The molecule has 33 heavy (non-hydrogen) atoms. The minimum atomic E-state index is -4.00. The van der Waals surface area contributed by atoms with Crippen molar-refractivity contribution in [2.75, 3.05) is 11.8 Å². The van der Waals surface area contributed by atoms with Gasteiger partial charge in [-0.1, -0.05) is 36.4 Å². The minimum Gasteiger partial charge on any atom is -0.495 e. The summed E-state index contributed by atoms with van der Waals surface area (Å²) in [6.45, 7) is 0. The van der Waals surface area contributed by atoms with Gasteiger partial charge in [0.2, 0.25) is 5.88 Å². The number of para-hydroxylation sites is 3. The van der Waals surface area contributed by atoms with Crippen LogP contribution in [0.4, 0.5) is 11.4 Å². The Labute approximate surface area is 190 Å². The Morgan fingerprint density at radius 1 is 1.03 bits per heavy atom. The van der Waals surface area contributed by atoms with Gasteiger partial charge in [0.15, 0.2) is 5.69 Å².